The van der Waals surface area contributed by atoms with Crippen molar-refractivity contribution in [2.24, 2.45) is 11.3 Å². The third-order valence-electron chi connectivity index (χ3n) is 3.69. The third-order valence-corrected chi connectivity index (χ3v) is 3.69. The van der Waals surface area contributed by atoms with Gasteiger partial charge in [-0.25, -0.2) is 4.79 Å². The first-order valence-corrected chi connectivity index (χ1v) is 6.71. The number of carbonyl (C=O) groups is 1. The van der Waals surface area contributed by atoms with Gasteiger partial charge < -0.3 is 14.7 Å². The van der Waals surface area contributed by atoms with Crippen molar-refractivity contribution in [2.75, 3.05) is 19.6 Å². The SMILES string of the molecule is [2H]C([2H])(O)[C@H]1CCC[C@]2(C1)CN(CC(C)(C)C)C(=O)O2. The van der Waals surface area contributed by atoms with Crippen LogP contribution in [0.15, 0.2) is 0 Å². The summed E-state index contributed by atoms with van der Waals surface area (Å²) in [5, 5.41) is 9.58. The van der Waals surface area contributed by atoms with E-state index in [2.05, 4.69) is 20.8 Å². The molecule has 0 aromatic rings. The van der Waals surface area contributed by atoms with Gasteiger partial charge in [-0.1, -0.05) is 20.8 Å². The van der Waals surface area contributed by atoms with Crippen molar-refractivity contribution in [1.29, 1.82) is 0 Å². The minimum atomic E-state index is -2.20. The van der Waals surface area contributed by atoms with E-state index in [-0.39, 0.29) is 11.5 Å². The number of rotatable bonds is 2. The normalized spacial score (nSPS) is 35.4. The molecule has 4 heteroatoms. The topological polar surface area (TPSA) is 49.8 Å². The molecular weight excluding hydrogens is 230 g/mol. The van der Waals surface area contributed by atoms with Crippen LogP contribution < -0.4 is 0 Å². The first kappa shape index (κ1) is 11.1. The van der Waals surface area contributed by atoms with Crippen molar-refractivity contribution < 1.29 is 17.4 Å². The maximum Gasteiger partial charge on any atom is 0.410 e. The Morgan fingerprint density at radius 3 is 2.94 bits per heavy atom. The Balaban J connectivity index is 2.07. The lowest BCUT2D eigenvalue weighted by Gasteiger charge is -2.35. The van der Waals surface area contributed by atoms with Crippen LogP contribution in [0.1, 0.15) is 49.2 Å². The van der Waals surface area contributed by atoms with Crippen molar-refractivity contribution in [2.45, 2.75) is 52.1 Å². The Kier molecular flexibility index (Phi) is 2.91. The van der Waals surface area contributed by atoms with Crippen LogP contribution in [0, 0.1) is 11.3 Å². The average Bonchev–Trinajstić information content (AvgIpc) is 2.51. The van der Waals surface area contributed by atoms with Crippen LogP contribution in [-0.4, -0.2) is 41.3 Å². The van der Waals surface area contributed by atoms with Crippen LogP contribution in [-0.2, 0) is 4.74 Å². The molecule has 0 aromatic heterocycles. The van der Waals surface area contributed by atoms with Crippen LogP contribution in [0.2, 0.25) is 0 Å². The van der Waals surface area contributed by atoms with E-state index in [1.54, 1.807) is 4.90 Å². The maximum absolute atomic E-state index is 12.0. The summed E-state index contributed by atoms with van der Waals surface area (Å²) in [7, 11) is 0. The predicted molar refractivity (Wildman–Crippen MR) is 69.3 cm³/mol. The van der Waals surface area contributed by atoms with Crippen molar-refractivity contribution in [3.05, 3.63) is 0 Å². The summed E-state index contributed by atoms with van der Waals surface area (Å²) in [5.41, 5.74) is -0.606. The molecule has 1 saturated heterocycles. The fourth-order valence-electron chi connectivity index (χ4n) is 3.06. The number of hydrogen-bond donors (Lipinski definition) is 1. The summed E-state index contributed by atoms with van der Waals surface area (Å²) in [6.45, 7) is 5.15. The number of ether oxygens (including phenoxy) is 1. The molecule has 18 heavy (non-hydrogen) atoms. The minimum Gasteiger partial charge on any atom is -0.441 e. The first-order chi connectivity index (χ1) is 9.01. The van der Waals surface area contributed by atoms with E-state index in [0.717, 1.165) is 12.8 Å². The Labute approximate surface area is 112 Å². The Morgan fingerprint density at radius 1 is 1.61 bits per heavy atom. The maximum atomic E-state index is 12.0. The lowest BCUT2D eigenvalue weighted by atomic mass is 9.78. The van der Waals surface area contributed by atoms with Crippen molar-refractivity contribution >= 4 is 6.09 Å². The van der Waals surface area contributed by atoms with E-state index >= 15 is 0 Å². The zero-order chi connectivity index (χ0) is 15.2. The molecule has 1 amide bonds. The fourth-order valence-corrected chi connectivity index (χ4v) is 3.06. The number of amides is 1. The van der Waals surface area contributed by atoms with E-state index in [9.17, 15) is 9.90 Å². The molecule has 4 nitrogen and oxygen atoms in total. The van der Waals surface area contributed by atoms with Crippen LogP contribution in [0.4, 0.5) is 4.79 Å². The van der Waals surface area contributed by atoms with E-state index in [1.807, 2.05) is 0 Å². The van der Waals surface area contributed by atoms with Gasteiger partial charge in [-0.3, -0.25) is 0 Å². The highest BCUT2D eigenvalue weighted by Crippen LogP contribution is 2.40. The van der Waals surface area contributed by atoms with Crippen LogP contribution in [0.5, 0.6) is 0 Å². The van der Waals surface area contributed by atoms with Crippen LogP contribution in [0.3, 0.4) is 0 Å². The quantitative estimate of drug-likeness (QED) is 0.826. The molecule has 2 aliphatic rings. The molecule has 2 rings (SSSR count). The second-order valence-electron chi connectivity index (χ2n) is 6.89. The van der Waals surface area contributed by atoms with E-state index in [0.29, 0.717) is 25.9 Å². The molecule has 0 bridgehead atoms. The number of nitrogens with zero attached hydrogens (tertiary/aromatic N) is 1. The van der Waals surface area contributed by atoms with Gasteiger partial charge in [-0.2, -0.15) is 0 Å². The molecule has 1 N–H and O–H groups in total. The van der Waals surface area contributed by atoms with E-state index in [4.69, 9.17) is 7.48 Å². The van der Waals surface area contributed by atoms with Crippen LogP contribution >= 0.6 is 0 Å². The molecule has 0 unspecified atom stereocenters. The largest absolute Gasteiger partial charge is 0.441 e. The van der Waals surface area contributed by atoms with E-state index in [1.165, 1.54) is 0 Å². The molecular formula is C14H25NO3. The van der Waals surface area contributed by atoms with E-state index < -0.39 is 18.1 Å². The van der Waals surface area contributed by atoms with Gasteiger partial charge in [0.25, 0.3) is 0 Å². The van der Waals surface area contributed by atoms with Gasteiger partial charge in [0.1, 0.15) is 5.60 Å². The Morgan fingerprint density at radius 2 is 2.33 bits per heavy atom. The van der Waals surface area contributed by atoms with Gasteiger partial charge in [0, 0.05) is 13.1 Å². The predicted octanol–water partition coefficient (Wildman–Crippen LogP) is 2.41. The van der Waals surface area contributed by atoms with Gasteiger partial charge in [0.2, 0.25) is 0 Å². The van der Waals surface area contributed by atoms with Crippen LogP contribution in [0.25, 0.3) is 0 Å². The lowest BCUT2D eigenvalue weighted by Crippen LogP contribution is -2.41. The van der Waals surface area contributed by atoms with Crippen molar-refractivity contribution in [1.82, 2.24) is 4.90 Å². The molecule has 2 atom stereocenters. The zero-order valence-corrected chi connectivity index (χ0v) is 11.5. The number of hydrogen-bond acceptors (Lipinski definition) is 3. The summed E-state index contributed by atoms with van der Waals surface area (Å²) >= 11 is 0. The molecule has 104 valence electrons. The fraction of sp³-hybridized carbons (Fsp3) is 0.929. The zero-order valence-electron chi connectivity index (χ0n) is 13.5. The summed E-state index contributed by atoms with van der Waals surface area (Å²) in [4.78, 5) is 13.7. The molecule has 1 spiro atoms. The summed E-state index contributed by atoms with van der Waals surface area (Å²) in [6.07, 6.45) is 2.28. The highest BCUT2D eigenvalue weighted by molar-refractivity contribution is 5.70. The minimum absolute atomic E-state index is 0.00417. The van der Waals surface area contributed by atoms with Gasteiger partial charge in [-0.05, 0) is 37.0 Å². The number of carbonyl (C=O) groups excluding carboxylic acids is 1. The third kappa shape index (κ3) is 2.97. The molecule has 0 aromatic carbocycles. The summed E-state index contributed by atoms with van der Waals surface area (Å²) < 4.78 is 20.6. The Bertz CT molecular complexity index is 389. The van der Waals surface area contributed by atoms with Crippen molar-refractivity contribution in [3.63, 3.8) is 0 Å². The first-order valence-electron chi connectivity index (χ1n) is 7.71. The summed E-state index contributed by atoms with van der Waals surface area (Å²) in [6, 6.07) is 0. The number of aliphatic hydroxyl groups is 1. The van der Waals surface area contributed by atoms with Gasteiger partial charge in [0.05, 0.1) is 9.29 Å². The van der Waals surface area contributed by atoms with Gasteiger partial charge in [0.15, 0.2) is 0 Å². The standard InChI is InChI=1S/C14H25NO3/c1-13(2,3)9-15-10-14(18-12(15)17)6-4-5-11(7-14)8-16/h11,16H,4-10H2,1-3H3/t11-,14-/m0/s1/i8D2. The molecule has 1 saturated carbocycles. The lowest BCUT2D eigenvalue weighted by molar-refractivity contribution is -0.00413. The monoisotopic (exact) mass is 257 g/mol. The highest BCUT2D eigenvalue weighted by Gasteiger charge is 2.48. The second kappa shape index (κ2) is 4.72. The molecule has 2 fully saturated rings. The Hall–Kier alpha value is -0.770. The van der Waals surface area contributed by atoms with Gasteiger partial charge in [-0.15, -0.1) is 0 Å². The smallest absolute Gasteiger partial charge is 0.410 e. The molecule has 0 radical (unpaired) electrons. The van der Waals surface area contributed by atoms with Gasteiger partial charge >= 0.3 is 6.09 Å². The molecule has 1 aliphatic heterocycles. The highest BCUT2D eigenvalue weighted by atomic mass is 16.6. The summed E-state index contributed by atoms with van der Waals surface area (Å²) in [5.74, 6) is -0.460. The average molecular weight is 257 g/mol. The second-order valence-corrected chi connectivity index (χ2v) is 6.89. The molecule has 1 aliphatic carbocycles. The molecule has 1 heterocycles. The van der Waals surface area contributed by atoms with Crippen molar-refractivity contribution in [3.8, 4) is 0 Å².